The number of aliphatic carboxylic acids is 1. The summed E-state index contributed by atoms with van der Waals surface area (Å²) in [5.74, 6) is -3.68. The Morgan fingerprint density at radius 3 is 2.23 bits per heavy atom. The number of alkyl halides is 3. The van der Waals surface area contributed by atoms with Crippen molar-refractivity contribution in [3.05, 3.63) is 57.8 Å². The van der Waals surface area contributed by atoms with Gasteiger partial charge in [0.2, 0.25) is 0 Å². The second-order valence-corrected chi connectivity index (χ2v) is 6.62. The number of aromatic nitrogens is 1. The highest BCUT2D eigenvalue weighted by Crippen LogP contribution is 2.20. The van der Waals surface area contributed by atoms with Crippen molar-refractivity contribution in [3.8, 4) is 0 Å². The van der Waals surface area contributed by atoms with Crippen LogP contribution in [0.1, 0.15) is 16.1 Å². The summed E-state index contributed by atoms with van der Waals surface area (Å²) in [7, 11) is 1.29. The van der Waals surface area contributed by atoms with Crippen LogP contribution in [-0.4, -0.2) is 47.3 Å². The average molecular weight is 482 g/mol. The summed E-state index contributed by atoms with van der Waals surface area (Å²) in [6.07, 6.45) is -3.40. The third kappa shape index (κ3) is 8.79. The second-order valence-electron chi connectivity index (χ2n) is 5.77. The monoisotopic (exact) mass is 481 g/mol. The van der Waals surface area contributed by atoms with Crippen molar-refractivity contribution in [3.63, 3.8) is 0 Å². The number of nitrogens with one attached hydrogen (secondary N) is 1. The summed E-state index contributed by atoms with van der Waals surface area (Å²) < 4.78 is 36.3. The summed E-state index contributed by atoms with van der Waals surface area (Å²) >= 11 is 11.7. The number of anilines is 1. The number of ether oxygens (including phenoxy) is 1. The van der Waals surface area contributed by atoms with Gasteiger partial charge in [-0.1, -0.05) is 35.3 Å². The van der Waals surface area contributed by atoms with Gasteiger partial charge in [-0.25, -0.2) is 9.78 Å². The summed E-state index contributed by atoms with van der Waals surface area (Å²) in [6, 6.07) is 7.63. The molecule has 13 heteroatoms. The van der Waals surface area contributed by atoms with Gasteiger partial charge in [0, 0.05) is 11.9 Å². The molecule has 1 aromatic heterocycles. The number of hydrogen-bond donors (Lipinski definition) is 3. The number of carboxylic acids is 1. The number of hydrogen-bond acceptors (Lipinski definition) is 6. The minimum Gasteiger partial charge on any atom is -0.475 e. The number of carboxylic acid groups (broad SMARTS) is 1. The number of nitrogens with two attached hydrogens (primary N) is 1. The molecular weight excluding hydrogens is 466 g/mol. The highest BCUT2D eigenvalue weighted by molar-refractivity contribution is 6.36. The largest absolute Gasteiger partial charge is 0.490 e. The molecule has 0 aliphatic carbocycles. The molecule has 0 unspecified atom stereocenters. The van der Waals surface area contributed by atoms with Gasteiger partial charge >= 0.3 is 18.1 Å². The van der Waals surface area contributed by atoms with E-state index in [9.17, 15) is 22.8 Å². The van der Waals surface area contributed by atoms with Crippen LogP contribution in [0.4, 0.5) is 18.9 Å². The first-order valence-electron chi connectivity index (χ1n) is 8.20. The van der Waals surface area contributed by atoms with Gasteiger partial charge in [0.15, 0.2) is 0 Å². The standard InChI is InChI=1S/C16H15Cl2N3O3.C2HF3O2/c1-24-16(23)13(19)6-9-2-4-11(5-3-9)21-15(22)14-12(18)7-10(17)8-20-14;3-2(4,5)1(6)7/h2-5,7-8,13H,6,19H2,1H3,(H,21,22);(H,6,7)/t13-;/m0./s1. The number of carbonyl (C=O) groups is 3. The third-order valence-corrected chi connectivity index (χ3v) is 3.93. The first kappa shape index (κ1) is 26.1. The molecule has 0 aliphatic heterocycles. The van der Waals surface area contributed by atoms with Gasteiger partial charge in [-0.3, -0.25) is 9.59 Å². The van der Waals surface area contributed by atoms with Crippen LogP contribution in [0.3, 0.4) is 0 Å². The molecule has 0 saturated carbocycles. The number of nitrogens with zero attached hydrogens (tertiary/aromatic N) is 1. The summed E-state index contributed by atoms with van der Waals surface area (Å²) in [4.78, 5) is 36.3. The number of methoxy groups -OCH3 is 1. The molecule has 8 nitrogen and oxygen atoms in total. The molecule has 2 rings (SSSR count). The van der Waals surface area contributed by atoms with E-state index in [4.69, 9.17) is 38.8 Å². The second kappa shape index (κ2) is 11.5. The van der Waals surface area contributed by atoms with Crippen molar-refractivity contribution in [1.29, 1.82) is 0 Å². The number of pyridine rings is 1. The minimum atomic E-state index is -5.08. The van der Waals surface area contributed by atoms with Crippen LogP contribution < -0.4 is 11.1 Å². The van der Waals surface area contributed by atoms with Gasteiger partial charge < -0.3 is 20.9 Å². The Balaban J connectivity index is 0.000000592. The SMILES string of the molecule is COC(=O)[C@@H](N)Cc1ccc(NC(=O)c2ncc(Cl)cc2Cl)cc1.O=C(O)C(F)(F)F. The number of benzene rings is 1. The van der Waals surface area contributed by atoms with E-state index >= 15 is 0 Å². The number of rotatable bonds is 5. The zero-order valence-corrected chi connectivity index (χ0v) is 17.3. The molecule has 4 N–H and O–H groups in total. The van der Waals surface area contributed by atoms with Crippen molar-refractivity contribution in [1.82, 2.24) is 4.98 Å². The van der Waals surface area contributed by atoms with Crippen LogP contribution in [0, 0.1) is 0 Å². The van der Waals surface area contributed by atoms with E-state index in [1.807, 2.05) is 0 Å². The van der Waals surface area contributed by atoms with E-state index in [0.717, 1.165) is 5.56 Å². The minimum absolute atomic E-state index is 0.0813. The Bertz CT molecular complexity index is 940. The molecule has 0 bridgehead atoms. The van der Waals surface area contributed by atoms with Crippen LogP contribution >= 0.6 is 23.2 Å². The topological polar surface area (TPSA) is 132 Å². The normalized spacial score (nSPS) is 11.6. The highest BCUT2D eigenvalue weighted by Gasteiger charge is 2.38. The van der Waals surface area contributed by atoms with Crippen molar-refractivity contribution in [2.45, 2.75) is 18.6 Å². The number of carbonyl (C=O) groups excluding carboxylic acids is 2. The maximum Gasteiger partial charge on any atom is 0.490 e. The lowest BCUT2D eigenvalue weighted by atomic mass is 10.1. The summed E-state index contributed by atoms with van der Waals surface area (Å²) in [5, 5.41) is 10.3. The first-order chi connectivity index (χ1) is 14.3. The third-order valence-electron chi connectivity index (χ3n) is 3.44. The lowest BCUT2D eigenvalue weighted by Gasteiger charge is -2.10. The van der Waals surface area contributed by atoms with Gasteiger partial charge in [-0.2, -0.15) is 13.2 Å². The van der Waals surface area contributed by atoms with Crippen LogP contribution in [0.2, 0.25) is 10.0 Å². The Morgan fingerprint density at radius 2 is 1.77 bits per heavy atom. The van der Waals surface area contributed by atoms with Crippen molar-refractivity contribution < 1.29 is 37.4 Å². The fourth-order valence-corrected chi connectivity index (χ4v) is 2.45. The molecular formula is C18H16Cl2F3N3O5. The Hall–Kier alpha value is -2.89. The van der Waals surface area contributed by atoms with Crippen LogP contribution in [0.25, 0.3) is 0 Å². The first-order valence-corrected chi connectivity index (χ1v) is 8.95. The Morgan fingerprint density at radius 1 is 1.23 bits per heavy atom. The molecule has 0 saturated heterocycles. The molecule has 1 amide bonds. The van der Waals surface area contributed by atoms with Gasteiger partial charge in [-0.05, 0) is 30.2 Å². The predicted molar refractivity (Wildman–Crippen MR) is 106 cm³/mol. The molecule has 1 heterocycles. The fourth-order valence-electron chi connectivity index (χ4n) is 1.98. The van der Waals surface area contributed by atoms with E-state index in [-0.39, 0.29) is 10.7 Å². The Kier molecular flexibility index (Phi) is 9.69. The maximum atomic E-state index is 12.2. The number of amides is 1. The van der Waals surface area contributed by atoms with Crippen molar-refractivity contribution >= 4 is 46.7 Å². The molecule has 168 valence electrons. The van der Waals surface area contributed by atoms with E-state index in [1.165, 1.54) is 19.4 Å². The van der Waals surface area contributed by atoms with Gasteiger partial charge in [0.05, 0.1) is 17.2 Å². The predicted octanol–water partition coefficient (Wildman–Crippen LogP) is 3.32. The fraction of sp³-hybridized carbons (Fsp3) is 0.222. The summed E-state index contributed by atoms with van der Waals surface area (Å²) in [5.41, 5.74) is 7.19. The van der Waals surface area contributed by atoms with Gasteiger partial charge in [0.25, 0.3) is 5.91 Å². The van der Waals surface area contributed by atoms with E-state index < -0.39 is 30.1 Å². The quantitative estimate of drug-likeness (QED) is 0.558. The van der Waals surface area contributed by atoms with Crippen molar-refractivity contribution in [2.24, 2.45) is 5.73 Å². The zero-order chi connectivity index (χ0) is 23.8. The molecule has 1 atom stereocenters. The molecule has 0 fully saturated rings. The molecule has 0 radical (unpaired) electrons. The molecule has 2 aromatic rings. The zero-order valence-electron chi connectivity index (χ0n) is 15.7. The molecule has 0 aliphatic rings. The molecule has 1 aromatic carbocycles. The van der Waals surface area contributed by atoms with Crippen LogP contribution in [0.15, 0.2) is 36.5 Å². The number of halogens is 5. The number of esters is 1. The molecule has 31 heavy (non-hydrogen) atoms. The Labute approximate surface area is 184 Å². The van der Waals surface area contributed by atoms with E-state index in [2.05, 4.69) is 15.0 Å². The van der Waals surface area contributed by atoms with Crippen molar-refractivity contribution in [2.75, 3.05) is 12.4 Å². The van der Waals surface area contributed by atoms with Gasteiger partial charge in [0.1, 0.15) is 11.7 Å². The highest BCUT2D eigenvalue weighted by atomic mass is 35.5. The van der Waals surface area contributed by atoms with E-state index in [1.54, 1.807) is 24.3 Å². The van der Waals surface area contributed by atoms with E-state index in [0.29, 0.717) is 17.1 Å². The maximum absolute atomic E-state index is 12.2. The van der Waals surface area contributed by atoms with Gasteiger partial charge in [-0.15, -0.1) is 0 Å². The van der Waals surface area contributed by atoms with Crippen LogP contribution in [-0.2, 0) is 20.7 Å². The van der Waals surface area contributed by atoms with Crippen LogP contribution in [0.5, 0.6) is 0 Å². The average Bonchev–Trinajstić information content (AvgIpc) is 2.68. The molecule has 0 spiro atoms. The smallest absolute Gasteiger partial charge is 0.475 e. The lowest BCUT2D eigenvalue weighted by Crippen LogP contribution is -2.33. The summed E-state index contributed by atoms with van der Waals surface area (Å²) in [6.45, 7) is 0. The lowest BCUT2D eigenvalue weighted by molar-refractivity contribution is -0.192.